The maximum atomic E-state index is 12.6. The van der Waals surface area contributed by atoms with Crippen LogP contribution in [-0.2, 0) is 14.3 Å². The Morgan fingerprint density at radius 2 is 2.00 bits per heavy atom. The fourth-order valence-electron chi connectivity index (χ4n) is 3.26. The zero-order valence-corrected chi connectivity index (χ0v) is 12.5. The minimum atomic E-state index is -0.547. The van der Waals surface area contributed by atoms with Crippen molar-refractivity contribution in [3.8, 4) is 5.75 Å². The van der Waals surface area contributed by atoms with Crippen molar-refractivity contribution in [2.24, 2.45) is 5.92 Å². The zero-order valence-electron chi connectivity index (χ0n) is 12.5. The van der Waals surface area contributed by atoms with Crippen LogP contribution in [0.15, 0.2) is 24.3 Å². The maximum Gasteiger partial charge on any atom is 0.248 e. The van der Waals surface area contributed by atoms with E-state index in [0.29, 0.717) is 12.2 Å². The lowest BCUT2D eigenvalue weighted by atomic mass is 9.90. The predicted octanol–water partition coefficient (Wildman–Crippen LogP) is -0.117. The lowest BCUT2D eigenvalue weighted by Gasteiger charge is -2.22. The number of para-hydroxylation sites is 1. The number of carbonyl (C=O) groups is 2. The number of hydrogen-bond acceptors (Lipinski definition) is 6. The van der Waals surface area contributed by atoms with Crippen molar-refractivity contribution >= 4 is 11.8 Å². The molecule has 0 saturated carbocycles. The molecule has 0 spiro atoms. The van der Waals surface area contributed by atoms with Crippen molar-refractivity contribution in [2.75, 3.05) is 27.3 Å². The summed E-state index contributed by atoms with van der Waals surface area (Å²) in [7, 11) is 3.27. The molecule has 2 N–H and O–H groups in total. The largest absolute Gasteiger partial charge is 0.508 e. The SMILES string of the molecule is COCCN1C(=O)[C@H]2[C@@H](C1=O)N(C)N[C@H]2c1ccccc1O. The fraction of sp³-hybridized carbons (Fsp3) is 0.467. The van der Waals surface area contributed by atoms with Gasteiger partial charge in [-0.1, -0.05) is 18.2 Å². The number of phenolic OH excluding ortho intramolecular Hbond substituents is 1. The molecule has 2 amide bonds. The Hall–Kier alpha value is -1.96. The van der Waals surface area contributed by atoms with E-state index in [0.717, 1.165) is 0 Å². The molecule has 7 nitrogen and oxygen atoms in total. The molecule has 2 heterocycles. The van der Waals surface area contributed by atoms with E-state index in [4.69, 9.17) is 4.74 Å². The van der Waals surface area contributed by atoms with Gasteiger partial charge in [-0.15, -0.1) is 0 Å². The minimum absolute atomic E-state index is 0.115. The van der Waals surface area contributed by atoms with E-state index in [1.165, 1.54) is 12.0 Å². The third-order valence-electron chi connectivity index (χ3n) is 4.32. The Balaban J connectivity index is 1.93. The molecular weight excluding hydrogens is 286 g/mol. The number of amides is 2. The van der Waals surface area contributed by atoms with Crippen LogP contribution in [0.2, 0.25) is 0 Å². The molecule has 7 heteroatoms. The number of hydrogen-bond donors (Lipinski definition) is 2. The van der Waals surface area contributed by atoms with E-state index in [9.17, 15) is 14.7 Å². The molecule has 2 saturated heterocycles. The van der Waals surface area contributed by atoms with Crippen LogP contribution in [0, 0.1) is 5.92 Å². The smallest absolute Gasteiger partial charge is 0.248 e. The number of nitrogens with zero attached hydrogens (tertiary/aromatic N) is 2. The van der Waals surface area contributed by atoms with Gasteiger partial charge in [0.15, 0.2) is 0 Å². The van der Waals surface area contributed by atoms with Gasteiger partial charge in [-0.05, 0) is 6.07 Å². The average molecular weight is 305 g/mol. The molecule has 3 atom stereocenters. The minimum Gasteiger partial charge on any atom is -0.508 e. The van der Waals surface area contributed by atoms with Crippen LogP contribution in [-0.4, -0.2) is 60.2 Å². The van der Waals surface area contributed by atoms with Crippen LogP contribution in [0.3, 0.4) is 0 Å². The summed E-state index contributed by atoms with van der Waals surface area (Å²) in [5.41, 5.74) is 3.75. The number of carbonyl (C=O) groups excluding carboxylic acids is 2. The van der Waals surface area contributed by atoms with Gasteiger partial charge in [-0.25, -0.2) is 10.4 Å². The molecule has 2 fully saturated rings. The molecule has 0 aromatic heterocycles. The number of imide groups is 1. The highest BCUT2D eigenvalue weighted by molar-refractivity contribution is 6.08. The van der Waals surface area contributed by atoms with Crippen LogP contribution < -0.4 is 5.43 Å². The van der Waals surface area contributed by atoms with Crippen molar-refractivity contribution in [1.82, 2.24) is 15.3 Å². The van der Waals surface area contributed by atoms with Crippen LogP contribution in [0.5, 0.6) is 5.75 Å². The number of aromatic hydroxyl groups is 1. The van der Waals surface area contributed by atoms with E-state index >= 15 is 0 Å². The van der Waals surface area contributed by atoms with Gasteiger partial charge >= 0.3 is 0 Å². The van der Waals surface area contributed by atoms with Gasteiger partial charge < -0.3 is 9.84 Å². The summed E-state index contributed by atoms with van der Waals surface area (Å²) in [6.07, 6.45) is 0. The molecule has 0 radical (unpaired) electrons. The highest BCUT2D eigenvalue weighted by Gasteiger charge is 2.57. The van der Waals surface area contributed by atoms with Gasteiger partial charge in [0.2, 0.25) is 11.8 Å². The third kappa shape index (κ3) is 2.18. The number of rotatable bonds is 4. The van der Waals surface area contributed by atoms with Gasteiger partial charge in [0.05, 0.1) is 25.1 Å². The molecule has 1 aromatic carbocycles. The summed E-state index contributed by atoms with van der Waals surface area (Å²) >= 11 is 0. The first-order valence-corrected chi connectivity index (χ1v) is 7.17. The first-order valence-electron chi connectivity index (χ1n) is 7.17. The molecule has 0 bridgehead atoms. The van der Waals surface area contributed by atoms with Crippen molar-refractivity contribution in [3.63, 3.8) is 0 Å². The van der Waals surface area contributed by atoms with Gasteiger partial charge in [0.25, 0.3) is 0 Å². The van der Waals surface area contributed by atoms with Crippen LogP contribution in [0.4, 0.5) is 0 Å². The lowest BCUT2D eigenvalue weighted by Crippen LogP contribution is -2.43. The molecule has 0 unspecified atom stereocenters. The molecular formula is C15H19N3O4. The van der Waals surface area contributed by atoms with E-state index in [2.05, 4.69) is 5.43 Å². The predicted molar refractivity (Wildman–Crippen MR) is 77.6 cm³/mol. The summed E-state index contributed by atoms with van der Waals surface area (Å²) in [6.45, 7) is 0.567. The Kier molecular flexibility index (Phi) is 3.86. The van der Waals surface area contributed by atoms with Crippen molar-refractivity contribution in [3.05, 3.63) is 29.8 Å². The second kappa shape index (κ2) is 5.68. The number of hydrazine groups is 1. The van der Waals surface area contributed by atoms with Crippen LogP contribution in [0.25, 0.3) is 0 Å². The van der Waals surface area contributed by atoms with E-state index in [1.807, 2.05) is 0 Å². The number of methoxy groups -OCH3 is 1. The van der Waals surface area contributed by atoms with Crippen LogP contribution in [0.1, 0.15) is 11.6 Å². The summed E-state index contributed by atoms with van der Waals surface area (Å²) in [5, 5.41) is 11.7. The Labute approximate surface area is 128 Å². The number of ether oxygens (including phenoxy) is 1. The average Bonchev–Trinajstić information content (AvgIpc) is 2.96. The normalized spacial score (nSPS) is 28.5. The molecule has 1 aromatic rings. The Morgan fingerprint density at radius 3 is 2.68 bits per heavy atom. The van der Waals surface area contributed by atoms with Crippen molar-refractivity contribution < 1.29 is 19.4 Å². The summed E-state index contributed by atoms with van der Waals surface area (Å²) in [4.78, 5) is 26.4. The topological polar surface area (TPSA) is 82.1 Å². The van der Waals surface area contributed by atoms with E-state index < -0.39 is 18.0 Å². The van der Waals surface area contributed by atoms with Crippen molar-refractivity contribution in [2.45, 2.75) is 12.1 Å². The highest BCUT2D eigenvalue weighted by Crippen LogP contribution is 2.41. The molecule has 0 aliphatic carbocycles. The summed E-state index contributed by atoms with van der Waals surface area (Å²) in [5.74, 6) is -0.871. The summed E-state index contributed by atoms with van der Waals surface area (Å²) < 4.78 is 4.96. The van der Waals surface area contributed by atoms with Gasteiger partial charge in [0.1, 0.15) is 11.8 Å². The quantitative estimate of drug-likeness (QED) is 0.755. The highest BCUT2D eigenvalue weighted by atomic mass is 16.5. The zero-order chi connectivity index (χ0) is 15.9. The number of likely N-dealkylation sites (tertiary alicyclic amines) is 1. The third-order valence-corrected chi connectivity index (χ3v) is 4.32. The van der Waals surface area contributed by atoms with E-state index in [-0.39, 0.29) is 24.1 Å². The second-order valence-electron chi connectivity index (χ2n) is 5.57. The maximum absolute atomic E-state index is 12.6. The number of likely N-dealkylation sites (N-methyl/N-ethyl adjacent to an activating group) is 1. The number of fused-ring (bicyclic) bond motifs is 1. The van der Waals surface area contributed by atoms with Gasteiger partial charge in [-0.2, -0.15) is 0 Å². The van der Waals surface area contributed by atoms with Gasteiger partial charge in [-0.3, -0.25) is 14.5 Å². The fourth-order valence-corrected chi connectivity index (χ4v) is 3.26. The number of nitrogens with one attached hydrogen (secondary N) is 1. The number of benzene rings is 1. The van der Waals surface area contributed by atoms with Crippen LogP contribution >= 0.6 is 0 Å². The lowest BCUT2D eigenvalue weighted by molar-refractivity contribution is -0.142. The molecule has 118 valence electrons. The molecule has 22 heavy (non-hydrogen) atoms. The Bertz CT molecular complexity index is 606. The van der Waals surface area contributed by atoms with Crippen molar-refractivity contribution in [1.29, 1.82) is 0 Å². The number of phenols is 1. The first kappa shape index (κ1) is 15.0. The standard InChI is InChI=1S/C15H19N3O4/c1-17-13-11(14(20)18(15(13)21)7-8-22-2)12(16-17)9-5-3-4-6-10(9)19/h3-6,11-13,16,19H,7-8H2,1-2H3/t11-,12+,13+/m1/s1. The first-order chi connectivity index (χ1) is 10.6. The monoisotopic (exact) mass is 305 g/mol. The summed E-state index contributed by atoms with van der Waals surface area (Å²) in [6, 6.07) is 5.90. The van der Waals surface area contributed by atoms with Gasteiger partial charge in [0, 0.05) is 19.7 Å². The van der Waals surface area contributed by atoms with E-state index in [1.54, 1.807) is 36.3 Å². The molecule has 2 aliphatic rings. The molecule has 3 rings (SSSR count). The molecule has 2 aliphatic heterocycles. The second-order valence-corrected chi connectivity index (χ2v) is 5.57. The Morgan fingerprint density at radius 1 is 1.27 bits per heavy atom.